The molecule has 1 aromatic heterocycles. The molecule has 2 heterocycles. The van der Waals surface area contributed by atoms with Crippen LogP contribution in [0.25, 0.3) is 0 Å². The van der Waals surface area contributed by atoms with Crippen LogP contribution in [-0.2, 0) is 16.1 Å². The summed E-state index contributed by atoms with van der Waals surface area (Å²) in [5, 5.41) is 2.70. The van der Waals surface area contributed by atoms with Crippen LogP contribution < -0.4 is 5.32 Å². The van der Waals surface area contributed by atoms with Crippen LogP contribution in [-0.4, -0.2) is 48.6 Å². The molecule has 0 saturated carbocycles. The summed E-state index contributed by atoms with van der Waals surface area (Å²) in [4.78, 5) is 18.0. The zero-order valence-corrected chi connectivity index (χ0v) is 11.9. The van der Waals surface area contributed by atoms with E-state index in [4.69, 9.17) is 4.74 Å². The van der Waals surface area contributed by atoms with Gasteiger partial charge in [0, 0.05) is 32.5 Å². The quantitative estimate of drug-likeness (QED) is 0.873. The molecule has 20 heavy (non-hydrogen) atoms. The van der Waals surface area contributed by atoms with Crippen LogP contribution in [0.1, 0.15) is 18.4 Å². The first-order chi connectivity index (χ1) is 9.64. The van der Waals surface area contributed by atoms with Crippen LogP contribution in [0.3, 0.4) is 0 Å². The minimum atomic E-state index is -0.709. The highest BCUT2D eigenvalue weighted by molar-refractivity contribution is 5.86. The van der Waals surface area contributed by atoms with Crippen molar-refractivity contribution in [1.82, 2.24) is 15.2 Å². The van der Waals surface area contributed by atoms with Crippen molar-refractivity contribution in [2.75, 3.05) is 27.3 Å². The second-order valence-electron chi connectivity index (χ2n) is 5.04. The highest BCUT2D eigenvalue weighted by Crippen LogP contribution is 2.32. The van der Waals surface area contributed by atoms with E-state index >= 15 is 0 Å². The van der Waals surface area contributed by atoms with Crippen LogP contribution in [0.15, 0.2) is 18.5 Å². The maximum Gasteiger partial charge on any atom is 0.242 e. The maximum absolute atomic E-state index is 13.7. The van der Waals surface area contributed by atoms with E-state index in [1.165, 1.54) is 6.20 Å². The number of amides is 1. The first-order valence-corrected chi connectivity index (χ1v) is 6.68. The Labute approximate surface area is 118 Å². The van der Waals surface area contributed by atoms with E-state index in [-0.39, 0.29) is 11.7 Å². The lowest BCUT2D eigenvalue weighted by atomic mass is 9.95. The number of hydrogen-bond donors (Lipinski definition) is 1. The monoisotopic (exact) mass is 281 g/mol. The molecule has 0 aromatic carbocycles. The Morgan fingerprint density at radius 1 is 1.65 bits per heavy atom. The Morgan fingerprint density at radius 2 is 2.45 bits per heavy atom. The highest BCUT2D eigenvalue weighted by Gasteiger charge is 2.47. The van der Waals surface area contributed by atoms with Gasteiger partial charge < -0.3 is 10.1 Å². The van der Waals surface area contributed by atoms with Gasteiger partial charge in [-0.25, -0.2) is 4.39 Å². The van der Waals surface area contributed by atoms with Crippen LogP contribution in [0.2, 0.25) is 0 Å². The first-order valence-electron chi connectivity index (χ1n) is 6.68. The lowest BCUT2D eigenvalue weighted by Gasteiger charge is -2.36. The SMILES string of the molecule is CNC(=O)C1(COC)CCCN1Cc1ccncc1F. The van der Waals surface area contributed by atoms with Crippen molar-refractivity contribution in [2.24, 2.45) is 0 Å². The summed E-state index contributed by atoms with van der Waals surface area (Å²) in [5.74, 6) is -0.422. The molecule has 1 N–H and O–H groups in total. The van der Waals surface area contributed by atoms with Gasteiger partial charge in [0.05, 0.1) is 12.8 Å². The van der Waals surface area contributed by atoms with Gasteiger partial charge in [0.1, 0.15) is 11.4 Å². The molecule has 2 rings (SSSR count). The normalized spacial score (nSPS) is 22.9. The zero-order chi connectivity index (χ0) is 14.6. The van der Waals surface area contributed by atoms with Gasteiger partial charge in [-0.3, -0.25) is 14.7 Å². The fourth-order valence-corrected chi connectivity index (χ4v) is 2.86. The molecule has 1 atom stereocenters. The molecular formula is C14H20FN3O2. The van der Waals surface area contributed by atoms with Crippen LogP contribution in [0.5, 0.6) is 0 Å². The molecule has 0 aliphatic carbocycles. The van der Waals surface area contributed by atoms with Crippen molar-refractivity contribution < 1.29 is 13.9 Å². The number of likely N-dealkylation sites (N-methyl/N-ethyl adjacent to an activating group) is 1. The van der Waals surface area contributed by atoms with Crippen molar-refractivity contribution in [1.29, 1.82) is 0 Å². The average molecular weight is 281 g/mol. The minimum absolute atomic E-state index is 0.0775. The third-order valence-corrected chi connectivity index (χ3v) is 3.87. The third-order valence-electron chi connectivity index (χ3n) is 3.87. The number of halogens is 1. The molecule has 1 unspecified atom stereocenters. The molecule has 1 aliphatic rings. The molecule has 110 valence electrons. The van der Waals surface area contributed by atoms with E-state index in [1.54, 1.807) is 26.4 Å². The van der Waals surface area contributed by atoms with E-state index < -0.39 is 5.54 Å². The smallest absolute Gasteiger partial charge is 0.242 e. The second kappa shape index (κ2) is 6.28. The molecule has 1 aromatic rings. The number of nitrogens with zero attached hydrogens (tertiary/aromatic N) is 2. The van der Waals surface area contributed by atoms with Crippen molar-refractivity contribution in [3.05, 3.63) is 29.8 Å². The number of pyridine rings is 1. The third kappa shape index (κ3) is 2.66. The number of carbonyl (C=O) groups is 1. The van der Waals surface area contributed by atoms with Gasteiger partial charge in [-0.1, -0.05) is 0 Å². The summed E-state index contributed by atoms with van der Waals surface area (Å²) in [5.41, 5.74) is -0.162. The van der Waals surface area contributed by atoms with Gasteiger partial charge in [0.15, 0.2) is 0 Å². The number of likely N-dealkylation sites (tertiary alicyclic amines) is 1. The Bertz CT molecular complexity index is 483. The molecule has 5 nitrogen and oxygen atoms in total. The highest BCUT2D eigenvalue weighted by atomic mass is 19.1. The van der Waals surface area contributed by atoms with Crippen LogP contribution in [0.4, 0.5) is 4.39 Å². The summed E-state index contributed by atoms with van der Waals surface area (Å²) in [6, 6.07) is 1.65. The fourth-order valence-electron chi connectivity index (χ4n) is 2.86. The predicted molar refractivity (Wildman–Crippen MR) is 72.5 cm³/mol. The largest absolute Gasteiger partial charge is 0.382 e. The molecular weight excluding hydrogens is 261 g/mol. The van der Waals surface area contributed by atoms with Gasteiger partial charge in [-0.15, -0.1) is 0 Å². The summed E-state index contributed by atoms with van der Waals surface area (Å²) in [6.07, 6.45) is 4.37. The number of ether oxygens (including phenoxy) is 1. The molecule has 1 amide bonds. The molecule has 0 bridgehead atoms. The van der Waals surface area contributed by atoms with E-state index in [1.807, 2.05) is 4.90 Å². The standard InChI is InChI=1S/C14H20FN3O2/c1-16-13(19)14(10-20-2)5-3-7-18(14)9-11-4-6-17-8-12(11)15/h4,6,8H,3,5,7,9-10H2,1-2H3,(H,16,19). The molecule has 1 aliphatic heterocycles. The summed E-state index contributed by atoms with van der Waals surface area (Å²) in [6.45, 7) is 1.43. The van der Waals surface area contributed by atoms with Crippen molar-refractivity contribution in [3.63, 3.8) is 0 Å². The van der Waals surface area contributed by atoms with Crippen molar-refractivity contribution >= 4 is 5.91 Å². The summed E-state index contributed by atoms with van der Waals surface area (Å²) < 4.78 is 19.0. The molecule has 0 radical (unpaired) electrons. The predicted octanol–water partition coefficient (Wildman–Crippen LogP) is 0.948. The number of aromatic nitrogens is 1. The topological polar surface area (TPSA) is 54.5 Å². The minimum Gasteiger partial charge on any atom is -0.382 e. The number of hydrogen-bond acceptors (Lipinski definition) is 4. The van der Waals surface area contributed by atoms with E-state index in [2.05, 4.69) is 10.3 Å². The molecule has 6 heteroatoms. The van der Waals surface area contributed by atoms with Gasteiger partial charge >= 0.3 is 0 Å². The number of nitrogens with one attached hydrogen (secondary N) is 1. The average Bonchev–Trinajstić information content (AvgIpc) is 2.85. The van der Waals surface area contributed by atoms with Gasteiger partial charge in [0.2, 0.25) is 5.91 Å². The van der Waals surface area contributed by atoms with Gasteiger partial charge in [0.25, 0.3) is 0 Å². The lowest BCUT2D eigenvalue weighted by molar-refractivity contribution is -0.135. The number of methoxy groups -OCH3 is 1. The second-order valence-corrected chi connectivity index (χ2v) is 5.04. The first kappa shape index (κ1) is 14.9. The zero-order valence-electron chi connectivity index (χ0n) is 11.9. The summed E-state index contributed by atoms with van der Waals surface area (Å²) >= 11 is 0. The van der Waals surface area contributed by atoms with Gasteiger partial charge in [-0.2, -0.15) is 0 Å². The Hall–Kier alpha value is -1.53. The van der Waals surface area contributed by atoms with Crippen LogP contribution >= 0.6 is 0 Å². The van der Waals surface area contributed by atoms with E-state index in [0.29, 0.717) is 25.1 Å². The van der Waals surface area contributed by atoms with Crippen molar-refractivity contribution in [3.8, 4) is 0 Å². The Kier molecular flexibility index (Phi) is 4.67. The Balaban J connectivity index is 2.25. The maximum atomic E-state index is 13.7. The number of carbonyl (C=O) groups excluding carboxylic acids is 1. The lowest BCUT2D eigenvalue weighted by Crippen LogP contribution is -2.57. The molecule has 1 fully saturated rings. The van der Waals surface area contributed by atoms with E-state index in [9.17, 15) is 9.18 Å². The number of rotatable bonds is 5. The van der Waals surface area contributed by atoms with Gasteiger partial charge in [-0.05, 0) is 25.5 Å². The van der Waals surface area contributed by atoms with E-state index in [0.717, 1.165) is 13.0 Å². The fraction of sp³-hybridized carbons (Fsp3) is 0.571. The summed E-state index contributed by atoms with van der Waals surface area (Å²) in [7, 11) is 3.19. The van der Waals surface area contributed by atoms with Crippen LogP contribution in [0, 0.1) is 5.82 Å². The molecule has 1 saturated heterocycles. The van der Waals surface area contributed by atoms with Crippen molar-refractivity contribution in [2.45, 2.75) is 24.9 Å². The Morgan fingerprint density at radius 3 is 3.10 bits per heavy atom. The molecule has 0 spiro atoms.